The van der Waals surface area contributed by atoms with Crippen LogP contribution in [-0.4, -0.2) is 59.6 Å². The van der Waals surface area contributed by atoms with Gasteiger partial charge in [-0.2, -0.15) is 17.7 Å². The van der Waals surface area contributed by atoms with E-state index in [0.717, 1.165) is 46.9 Å². The highest BCUT2D eigenvalue weighted by Crippen LogP contribution is 2.31. The highest BCUT2D eigenvalue weighted by Gasteiger charge is 2.32. The molecular formula is C29H31ClF3N7O3S. The number of anilines is 2. The maximum Gasteiger partial charge on any atom is 0.301 e. The third kappa shape index (κ3) is 6.25. The van der Waals surface area contributed by atoms with Gasteiger partial charge in [-0.15, -0.1) is 12.4 Å². The number of benzene rings is 2. The molecule has 1 atom stereocenters. The average Bonchev–Trinajstić information content (AvgIpc) is 3.44. The number of nitrogens with one attached hydrogen (secondary N) is 3. The van der Waals surface area contributed by atoms with Crippen LogP contribution in [0.4, 0.5) is 24.8 Å². The van der Waals surface area contributed by atoms with E-state index >= 15 is 4.39 Å². The van der Waals surface area contributed by atoms with Crippen molar-refractivity contribution in [2.24, 2.45) is 7.05 Å². The van der Waals surface area contributed by atoms with Crippen LogP contribution in [0.15, 0.2) is 47.4 Å². The molecule has 2 aliphatic heterocycles. The van der Waals surface area contributed by atoms with Crippen LogP contribution in [0.2, 0.25) is 0 Å². The molecule has 2 aliphatic rings. The van der Waals surface area contributed by atoms with Gasteiger partial charge in [-0.1, -0.05) is 18.2 Å². The van der Waals surface area contributed by atoms with Gasteiger partial charge in [0.15, 0.2) is 5.82 Å². The summed E-state index contributed by atoms with van der Waals surface area (Å²) in [5, 5.41) is 6.89. The van der Waals surface area contributed by atoms with E-state index < -0.39 is 44.8 Å². The van der Waals surface area contributed by atoms with Crippen LogP contribution in [0.5, 0.6) is 0 Å². The average molecular weight is 650 g/mol. The maximum absolute atomic E-state index is 15.6. The van der Waals surface area contributed by atoms with Crippen LogP contribution in [0.3, 0.4) is 0 Å². The molecule has 6 rings (SSSR count). The summed E-state index contributed by atoms with van der Waals surface area (Å²) in [5.74, 6) is -2.03. The molecule has 0 aliphatic carbocycles. The minimum atomic E-state index is -4.30. The van der Waals surface area contributed by atoms with Gasteiger partial charge in [-0.3, -0.25) is 14.1 Å². The fourth-order valence-electron chi connectivity index (χ4n) is 5.51. The highest BCUT2D eigenvalue weighted by molar-refractivity contribution is 7.90. The molecule has 2 aromatic heterocycles. The van der Waals surface area contributed by atoms with Crippen molar-refractivity contribution in [1.29, 1.82) is 0 Å². The fraction of sp³-hybridized carbons (Fsp3) is 0.345. The summed E-state index contributed by atoms with van der Waals surface area (Å²) in [5.41, 5.74) is 1.75. The van der Waals surface area contributed by atoms with Crippen LogP contribution >= 0.6 is 12.4 Å². The second-order valence-corrected chi connectivity index (χ2v) is 12.4. The first kappa shape index (κ1) is 31.7. The Bertz CT molecular complexity index is 1890. The van der Waals surface area contributed by atoms with E-state index in [1.807, 2.05) is 0 Å². The van der Waals surface area contributed by atoms with Crippen molar-refractivity contribution < 1.29 is 21.6 Å². The van der Waals surface area contributed by atoms with Gasteiger partial charge in [-0.05, 0) is 60.7 Å². The zero-order valence-corrected chi connectivity index (χ0v) is 25.4. The van der Waals surface area contributed by atoms with E-state index in [1.54, 1.807) is 0 Å². The van der Waals surface area contributed by atoms with Crippen molar-refractivity contribution in [1.82, 2.24) is 24.2 Å². The standard InChI is InChI=1S/C29H30F3N7O3S.ClH/c1-38-27-20(15-35-29(36-27)34-10-6-17-2-3-18-7-9-33-14-19(18)12-17)13-22(28(38)40)25-23(31)4-5-24(26(25)32)37-43(41,42)39-11-8-21(30)16-39;/h2-5,12-13,15,21,33,37H,6-11,14,16H2,1H3,(H,34,35,36);1H/t21-;/m1./s1. The summed E-state index contributed by atoms with van der Waals surface area (Å²) in [7, 11) is -2.87. The Hall–Kier alpha value is -3.72. The number of nitrogens with zero attached hydrogens (tertiary/aromatic N) is 4. The molecule has 2 aromatic carbocycles. The van der Waals surface area contributed by atoms with Gasteiger partial charge in [0.25, 0.3) is 5.56 Å². The lowest BCUT2D eigenvalue weighted by molar-refractivity contribution is 0.343. The lowest BCUT2D eigenvalue weighted by Gasteiger charge is -2.18. The Morgan fingerprint density at radius 2 is 1.95 bits per heavy atom. The van der Waals surface area contributed by atoms with E-state index in [4.69, 9.17) is 0 Å². The van der Waals surface area contributed by atoms with Crippen LogP contribution in [0.25, 0.3) is 22.2 Å². The van der Waals surface area contributed by atoms with E-state index in [2.05, 4.69) is 43.5 Å². The number of halogens is 4. The first-order valence-corrected chi connectivity index (χ1v) is 15.4. The molecule has 0 amide bonds. The Kier molecular flexibility index (Phi) is 9.16. The van der Waals surface area contributed by atoms with E-state index in [0.29, 0.717) is 17.9 Å². The Labute approximate surface area is 258 Å². The Balaban J connectivity index is 0.00000384. The summed E-state index contributed by atoms with van der Waals surface area (Å²) < 4.78 is 73.6. The molecule has 0 bridgehead atoms. The molecule has 0 unspecified atom stereocenters. The van der Waals surface area contributed by atoms with Crippen molar-refractivity contribution in [2.45, 2.75) is 32.0 Å². The largest absolute Gasteiger partial charge is 0.354 e. The van der Waals surface area contributed by atoms with Crippen molar-refractivity contribution in [3.05, 3.63) is 81.3 Å². The number of hydrogen-bond acceptors (Lipinski definition) is 7. The van der Waals surface area contributed by atoms with Crippen LogP contribution in [0.1, 0.15) is 23.1 Å². The maximum atomic E-state index is 15.6. The summed E-state index contributed by atoms with van der Waals surface area (Å²) >= 11 is 0. The molecule has 0 radical (unpaired) electrons. The highest BCUT2D eigenvalue weighted by atomic mass is 35.5. The number of rotatable bonds is 8. The number of fused-ring (bicyclic) bond motifs is 2. The van der Waals surface area contributed by atoms with Gasteiger partial charge in [0, 0.05) is 44.8 Å². The van der Waals surface area contributed by atoms with Gasteiger partial charge in [0.05, 0.1) is 16.8 Å². The molecule has 234 valence electrons. The number of aryl methyl sites for hydroxylation is 1. The summed E-state index contributed by atoms with van der Waals surface area (Å²) in [6.07, 6.45) is 1.90. The normalized spacial score (nSPS) is 16.9. The van der Waals surface area contributed by atoms with Crippen molar-refractivity contribution in [3.8, 4) is 11.1 Å². The molecule has 1 fully saturated rings. The topological polar surface area (TPSA) is 121 Å². The first-order chi connectivity index (χ1) is 20.6. The molecule has 1 saturated heterocycles. The monoisotopic (exact) mass is 649 g/mol. The molecule has 4 heterocycles. The molecule has 4 aromatic rings. The summed E-state index contributed by atoms with van der Waals surface area (Å²) in [6.45, 7) is 1.95. The number of aromatic nitrogens is 3. The predicted octanol–water partition coefficient (Wildman–Crippen LogP) is 3.70. The van der Waals surface area contributed by atoms with Crippen molar-refractivity contribution in [3.63, 3.8) is 0 Å². The fourth-order valence-corrected chi connectivity index (χ4v) is 6.78. The van der Waals surface area contributed by atoms with E-state index in [-0.39, 0.29) is 43.1 Å². The second kappa shape index (κ2) is 12.7. The molecule has 3 N–H and O–H groups in total. The SMILES string of the molecule is Cl.Cn1c(=O)c(-c2c(F)ccc(NS(=O)(=O)N3CC[C@@H](F)C3)c2F)cc2cnc(NCCc3ccc4c(c3)CNCC4)nc21. The van der Waals surface area contributed by atoms with Crippen LogP contribution < -0.4 is 20.9 Å². The third-order valence-corrected chi connectivity index (χ3v) is 9.32. The quantitative estimate of drug-likeness (QED) is 0.266. The Morgan fingerprint density at radius 3 is 2.73 bits per heavy atom. The molecule has 15 heteroatoms. The molecule has 0 saturated carbocycles. The second-order valence-electron chi connectivity index (χ2n) is 10.7. The van der Waals surface area contributed by atoms with Gasteiger partial charge < -0.3 is 10.6 Å². The summed E-state index contributed by atoms with van der Waals surface area (Å²) in [6, 6.07) is 9.53. The molecule has 44 heavy (non-hydrogen) atoms. The lowest BCUT2D eigenvalue weighted by Crippen LogP contribution is -2.34. The van der Waals surface area contributed by atoms with Crippen LogP contribution in [-0.2, 0) is 36.6 Å². The summed E-state index contributed by atoms with van der Waals surface area (Å²) in [4.78, 5) is 22.1. The number of alkyl halides is 1. The predicted molar refractivity (Wildman–Crippen MR) is 165 cm³/mol. The number of hydrogen-bond donors (Lipinski definition) is 3. The van der Waals surface area contributed by atoms with Crippen molar-refractivity contribution >= 4 is 45.3 Å². The van der Waals surface area contributed by atoms with Gasteiger partial charge in [-0.25, -0.2) is 18.2 Å². The van der Waals surface area contributed by atoms with Gasteiger partial charge in [0.2, 0.25) is 5.95 Å². The van der Waals surface area contributed by atoms with Crippen LogP contribution in [0, 0.1) is 11.6 Å². The minimum absolute atomic E-state index is 0. The lowest BCUT2D eigenvalue weighted by atomic mass is 9.97. The van der Waals surface area contributed by atoms with E-state index in [9.17, 15) is 22.0 Å². The molecule has 0 spiro atoms. The first-order valence-electron chi connectivity index (χ1n) is 13.9. The van der Waals surface area contributed by atoms with Crippen molar-refractivity contribution in [2.75, 3.05) is 36.2 Å². The minimum Gasteiger partial charge on any atom is -0.354 e. The third-order valence-electron chi connectivity index (χ3n) is 7.84. The Morgan fingerprint density at radius 1 is 1.14 bits per heavy atom. The molecular weight excluding hydrogens is 619 g/mol. The number of pyridine rings is 1. The zero-order chi connectivity index (χ0) is 30.3. The van der Waals surface area contributed by atoms with E-state index in [1.165, 1.54) is 36.0 Å². The van der Waals surface area contributed by atoms with Gasteiger partial charge in [0.1, 0.15) is 17.6 Å². The smallest absolute Gasteiger partial charge is 0.301 e. The zero-order valence-electron chi connectivity index (χ0n) is 23.7. The van der Waals surface area contributed by atoms with Gasteiger partial charge >= 0.3 is 10.2 Å². The molecule has 10 nitrogen and oxygen atoms in total.